The Bertz CT molecular complexity index is 195. The van der Waals surface area contributed by atoms with E-state index in [1.54, 1.807) is 0 Å². The van der Waals surface area contributed by atoms with E-state index in [1.807, 2.05) is 0 Å². The van der Waals surface area contributed by atoms with Crippen LogP contribution < -0.4 is 16.0 Å². The molecule has 3 N–H and O–H groups in total. The largest absolute Gasteiger partial charge is 0.344 e. The Kier molecular flexibility index (Phi) is 1.93. The van der Waals surface area contributed by atoms with Crippen molar-refractivity contribution in [2.45, 2.75) is 17.7 Å². The Morgan fingerprint density at radius 3 is 3.09 bits per heavy atom. The molecule has 2 rings (SSSR count). The van der Waals surface area contributed by atoms with Gasteiger partial charge in [-0.25, -0.2) is 4.99 Å². The van der Waals surface area contributed by atoms with Crippen LogP contribution in [0.15, 0.2) is 4.99 Å². The molecule has 2 heterocycles. The maximum Gasteiger partial charge on any atom is 0.194 e. The van der Waals surface area contributed by atoms with E-state index in [2.05, 4.69) is 20.9 Å². The second-order valence-corrected chi connectivity index (χ2v) is 3.33. The van der Waals surface area contributed by atoms with Gasteiger partial charge in [0.25, 0.3) is 0 Å². The maximum absolute atomic E-state index is 5.90. The second-order valence-electron chi connectivity index (χ2n) is 2.53. The second kappa shape index (κ2) is 2.79. The number of hydrogen-bond donors (Lipinski definition) is 3. The predicted octanol–water partition coefficient (Wildman–Crippen LogP) is -0.406. The van der Waals surface area contributed by atoms with Gasteiger partial charge in [-0.3, -0.25) is 10.6 Å². The van der Waals surface area contributed by atoms with Gasteiger partial charge in [-0.15, -0.1) is 0 Å². The lowest BCUT2D eigenvalue weighted by Gasteiger charge is -2.27. The standard InChI is InChI=1S/C5H8Cl2N4/c6-3-2-4(9-1-8-2)11-5(7)10-3/h2-4,8-9H,1H2,(H,10,11)/t2-,3?,4+/m1/s1. The van der Waals surface area contributed by atoms with E-state index in [4.69, 9.17) is 23.2 Å². The van der Waals surface area contributed by atoms with E-state index < -0.39 is 0 Å². The van der Waals surface area contributed by atoms with Gasteiger partial charge in [-0.2, -0.15) is 0 Å². The fourth-order valence-electron chi connectivity index (χ4n) is 1.28. The predicted molar refractivity (Wildman–Crippen MR) is 44.8 cm³/mol. The molecule has 1 saturated heterocycles. The molecule has 0 spiro atoms. The molecule has 0 aromatic rings. The third-order valence-corrected chi connectivity index (χ3v) is 2.40. The van der Waals surface area contributed by atoms with Gasteiger partial charge in [0.05, 0.1) is 12.2 Å². The molecule has 0 aromatic carbocycles. The molecule has 4 nitrogen and oxygen atoms in total. The summed E-state index contributed by atoms with van der Waals surface area (Å²) in [5.74, 6) is 0. The zero-order valence-electron chi connectivity index (χ0n) is 5.64. The van der Waals surface area contributed by atoms with Crippen molar-refractivity contribution in [3.63, 3.8) is 0 Å². The Morgan fingerprint density at radius 2 is 2.27 bits per heavy atom. The molecular weight excluding hydrogens is 187 g/mol. The Morgan fingerprint density at radius 1 is 1.45 bits per heavy atom. The van der Waals surface area contributed by atoms with Crippen LogP contribution in [0.25, 0.3) is 0 Å². The van der Waals surface area contributed by atoms with Crippen LogP contribution in [-0.4, -0.2) is 29.7 Å². The van der Waals surface area contributed by atoms with Gasteiger partial charge in [-0.1, -0.05) is 11.6 Å². The van der Waals surface area contributed by atoms with E-state index in [0.29, 0.717) is 5.29 Å². The topological polar surface area (TPSA) is 48.5 Å². The number of hydrogen-bond acceptors (Lipinski definition) is 4. The summed E-state index contributed by atoms with van der Waals surface area (Å²) < 4.78 is 0. The molecule has 11 heavy (non-hydrogen) atoms. The van der Waals surface area contributed by atoms with E-state index >= 15 is 0 Å². The van der Waals surface area contributed by atoms with Crippen molar-refractivity contribution in [1.82, 2.24) is 16.0 Å². The Balaban J connectivity index is 2.16. The minimum Gasteiger partial charge on any atom is -0.344 e. The summed E-state index contributed by atoms with van der Waals surface area (Å²) in [4.78, 5) is 3.96. The lowest BCUT2D eigenvalue weighted by molar-refractivity contribution is 0.452. The summed E-state index contributed by atoms with van der Waals surface area (Å²) >= 11 is 11.6. The molecule has 0 aliphatic carbocycles. The summed E-state index contributed by atoms with van der Waals surface area (Å²) in [5, 5.41) is 9.65. The van der Waals surface area contributed by atoms with Crippen molar-refractivity contribution in [3.05, 3.63) is 0 Å². The molecule has 6 heteroatoms. The number of amidine groups is 1. The first-order chi connectivity index (χ1) is 5.27. The van der Waals surface area contributed by atoms with E-state index in [9.17, 15) is 0 Å². The van der Waals surface area contributed by atoms with Gasteiger partial charge in [-0.05, 0) is 11.6 Å². The Hall–Kier alpha value is -0.0300. The van der Waals surface area contributed by atoms with Crippen LogP contribution in [0, 0.1) is 0 Å². The molecule has 0 saturated carbocycles. The molecule has 1 fully saturated rings. The number of rotatable bonds is 0. The van der Waals surface area contributed by atoms with Gasteiger partial charge >= 0.3 is 0 Å². The summed E-state index contributed by atoms with van der Waals surface area (Å²) in [6.45, 7) is 0.741. The van der Waals surface area contributed by atoms with Crippen LogP contribution in [-0.2, 0) is 0 Å². The SMILES string of the molecule is ClC1=NC(Cl)[C@H]2NCN[C@H]2N1. The summed E-state index contributed by atoms with van der Waals surface area (Å²) in [7, 11) is 0. The molecule has 62 valence electrons. The minimum absolute atomic E-state index is 0.113. The summed E-state index contributed by atoms with van der Waals surface area (Å²) in [6, 6.07) is 0.138. The highest BCUT2D eigenvalue weighted by Crippen LogP contribution is 2.15. The van der Waals surface area contributed by atoms with Crippen molar-refractivity contribution in [1.29, 1.82) is 0 Å². The number of nitrogens with one attached hydrogen (secondary N) is 3. The normalized spacial score (nSPS) is 42.7. The molecule has 0 bridgehead atoms. The van der Waals surface area contributed by atoms with Gasteiger partial charge in [0.1, 0.15) is 5.50 Å². The third-order valence-electron chi connectivity index (χ3n) is 1.83. The number of halogens is 2. The molecule has 0 amide bonds. The number of nitrogens with zero attached hydrogens (tertiary/aromatic N) is 1. The number of alkyl halides is 1. The van der Waals surface area contributed by atoms with Crippen LogP contribution in [0.3, 0.4) is 0 Å². The van der Waals surface area contributed by atoms with Gasteiger partial charge in [0, 0.05) is 6.67 Å². The molecule has 3 atom stereocenters. The molecule has 2 aliphatic heterocycles. The first-order valence-corrected chi connectivity index (χ1v) is 4.19. The molecule has 1 unspecified atom stereocenters. The van der Waals surface area contributed by atoms with Crippen LogP contribution in [0.5, 0.6) is 0 Å². The highest BCUT2D eigenvalue weighted by Gasteiger charge is 2.35. The van der Waals surface area contributed by atoms with Crippen molar-refractivity contribution in [3.8, 4) is 0 Å². The van der Waals surface area contributed by atoms with Crippen molar-refractivity contribution in [2.75, 3.05) is 6.67 Å². The quantitative estimate of drug-likeness (QED) is 0.364. The monoisotopic (exact) mass is 194 g/mol. The van der Waals surface area contributed by atoms with Crippen LogP contribution in [0.4, 0.5) is 0 Å². The van der Waals surface area contributed by atoms with Crippen molar-refractivity contribution in [2.24, 2.45) is 4.99 Å². The number of aliphatic imine (C=N–C) groups is 1. The average molecular weight is 195 g/mol. The highest BCUT2D eigenvalue weighted by molar-refractivity contribution is 6.65. The lowest BCUT2D eigenvalue weighted by atomic mass is 10.2. The van der Waals surface area contributed by atoms with Crippen LogP contribution in [0.2, 0.25) is 0 Å². The van der Waals surface area contributed by atoms with E-state index in [0.717, 1.165) is 6.67 Å². The molecule has 0 aromatic heterocycles. The summed E-state index contributed by atoms with van der Waals surface area (Å²) in [6.07, 6.45) is 0.113. The first-order valence-electron chi connectivity index (χ1n) is 3.38. The van der Waals surface area contributed by atoms with Crippen molar-refractivity contribution < 1.29 is 0 Å². The highest BCUT2D eigenvalue weighted by atomic mass is 35.5. The van der Waals surface area contributed by atoms with Crippen LogP contribution in [0.1, 0.15) is 0 Å². The van der Waals surface area contributed by atoms with Gasteiger partial charge in [0.15, 0.2) is 5.29 Å². The molecule has 2 aliphatic rings. The van der Waals surface area contributed by atoms with Gasteiger partial charge < -0.3 is 5.32 Å². The van der Waals surface area contributed by atoms with E-state index in [1.165, 1.54) is 0 Å². The Labute approximate surface area is 74.3 Å². The number of fused-ring (bicyclic) bond motifs is 1. The smallest absolute Gasteiger partial charge is 0.194 e. The fourth-order valence-corrected chi connectivity index (χ4v) is 1.89. The first kappa shape index (κ1) is 7.61. The molecule has 0 radical (unpaired) electrons. The van der Waals surface area contributed by atoms with Crippen molar-refractivity contribution >= 4 is 28.5 Å². The van der Waals surface area contributed by atoms with Crippen LogP contribution >= 0.6 is 23.2 Å². The maximum atomic E-state index is 5.90. The summed E-state index contributed by atoms with van der Waals surface area (Å²) in [5.41, 5.74) is -0.274. The zero-order chi connectivity index (χ0) is 7.84. The lowest BCUT2D eigenvalue weighted by Crippen LogP contribution is -2.54. The van der Waals surface area contributed by atoms with Gasteiger partial charge in [0.2, 0.25) is 0 Å². The minimum atomic E-state index is -0.274. The average Bonchev–Trinajstić information content (AvgIpc) is 2.34. The third kappa shape index (κ3) is 1.31. The fraction of sp³-hybridized carbons (Fsp3) is 0.800. The molecular formula is C5H8Cl2N4. The van der Waals surface area contributed by atoms with E-state index in [-0.39, 0.29) is 17.7 Å². The zero-order valence-corrected chi connectivity index (χ0v) is 7.15.